The van der Waals surface area contributed by atoms with Crippen molar-refractivity contribution in [2.45, 2.75) is 91.1 Å². The Morgan fingerprint density at radius 3 is 2.35 bits per heavy atom. The Morgan fingerprint density at radius 1 is 0.840 bits per heavy atom. The zero-order valence-electron chi connectivity index (χ0n) is 42.2. The number of para-hydroxylation sites is 1. The number of urea groups is 1. The van der Waals surface area contributed by atoms with Crippen LogP contribution < -0.4 is 31.7 Å². The second-order valence-electron chi connectivity index (χ2n) is 18.2. The molecule has 7 rings (SSSR count). The van der Waals surface area contributed by atoms with Crippen LogP contribution in [0.25, 0.3) is 28.3 Å². The number of fused-ring (bicyclic) bond motifs is 1. The van der Waals surface area contributed by atoms with Crippen molar-refractivity contribution in [2.24, 2.45) is 11.7 Å². The number of aromatic amines is 1. The van der Waals surface area contributed by atoms with Gasteiger partial charge in [0.05, 0.1) is 31.6 Å². The molecule has 392 valence electrons. The molecule has 7 N–H and O–H groups in total. The van der Waals surface area contributed by atoms with Crippen LogP contribution in [0.5, 0.6) is 5.75 Å². The number of H-pyrrole nitrogens is 1. The molecule has 0 radical (unpaired) electrons. The number of carbonyl (C=O) groups excluding carboxylic acids is 7. The van der Waals surface area contributed by atoms with Gasteiger partial charge in [0.1, 0.15) is 42.3 Å². The Kier molecular flexibility index (Phi) is 18.4. The number of ether oxygens (including phenoxy) is 2. The second kappa shape index (κ2) is 25.6. The fourth-order valence-electron chi connectivity index (χ4n) is 8.30. The molecule has 1 aliphatic heterocycles. The summed E-state index contributed by atoms with van der Waals surface area (Å²) in [5.41, 5.74) is 11.1. The largest absolute Gasteiger partial charge is 0.496 e. The number of amides is 8. The Bertz CT molecular complexity index is 3020. The van der Waals surface area contributed by atoms with E-state index in [2.05, 4.69) is 36.3 Å². The fourth-order valence-corrected chi connectivity index (χ4v) is 8.30. The van der Waals surface area contributed by atoms with Crippen LogP contribution in [0.3, 0.4) is 0 Å². The van der Waals surface area contributed by atoms with Gasteiger partial charge in [0.15, 0.2) is 5.65 Å². The lowest BCUT2D eigenvalue weighted by atomic mass is 10.0. The highest BCUT2D eigenvalue weighted by atomic mass is 16.6. The molecule has 22 heteroatoms. The highest BCUT2D eigenvalue weighted by Gasteiger charge is 2.30. The molecule has 0 aliphatic carbocycles. The van der Waals surface area contributed by atoms with Gasteiger partial charge in [0, 0.05) is 60.4 Å². The lowest BCUT2D eigenvalue weighted by Gasteiger charge is -2.25. The smallest absolute Gasteiger partial charge is 0.410 e. The quantitative estimate of drug-likeness (QED) is 0.0313. The van der Waals surface area contributed by atoms with Crippen molar-refractivity contribution in [1.82, 2.24) is 55.3 Å². The van der Waals surface area contributed by atoms with Gasteiger partial charge in [-0.2, -0.15) is 5.10 Å². The van der Waals surface area contributed by atoms with Gasteiger partial charge in [-0.05, 0) is 86.6 Å². The summed E-state index contributed by atoms with van der Waals surface area (Å²) in [4.78, 5) is 110. The number of pyridine rings is 2. The van der Waals surface area contributed by atoms with Crippen molar-refractivity contribution in [2.75, 3.05) is 25.5 Å². The van der Waals surface area contributed by atoms with Crippen molar-refractivity contribution in [3.8, 4) is 28.4 Å². The monoisotopic (exact) mass is 1020 g/mol. The molecule has 8 amide bonds. The molecule has 6 aromatic rings. The van der Waals surface area contributed by atoms with E-state index in [-0.39, 0.29) is 75.7 Å². The van der Waals surface area contributed by atoms with Crippen molar-refractivity contribution in [1.29, 1.82) is 0 Å². The Hall–Kier alpha value is -8.95. The van der Waals surface area contributed by atoms with Crippen molar-refractivity contribution in [3.05, 3.63) is 126 Å². The van der Waals surface area contributed by atoms with Crippen molar-refractivity contribution >= 4 is 53.0 Å². The van der Waals surface area contributed by atoms with E-state index in [1.165, 1.54) is 23.4 Å². The number of benzene rings is 2. The maximum absolute atomic E-state index is 14.1. The number of unbranched alkanes of at least 4 members (excludes halogenated alkanes) is 2. The van der Waals surface area contributed by atoms with Gasteiger partial charge >= 0.3 is 12.1 Å². The molecule has 2 aromatic carbocycles. The normalized spacial score (nSPS) is 12.9. The number of hydrogen-bond donors (Lipinski definition) is 6. The summed E-state index contributed by atoms with van der Waals surface area (Å²) in [5.74, 6) is -1.50. The molecule has 0 bridgehead atoms. The van der Waals surface area contributed by atoms with Crippen LogP contribution in [0, 0.1) is 12.8 Å². The highest BCUT2D eigenvalue weighted by Crippen LogP contribution is 2.31. The average molecular weight is 1020 g/mol. The van der Waals surface area contributed by atoms with E-state index in [0.717, 1.165) is 21.7 Å². The number of rotatable bonds is 25. The Balaban J connectivity index is 0.996. The van der Waals surface area contributed by atoms with Crippen LogP contribution in [0.4, 0.5) is 15.3 Å². The van der Waals surface area contributed by atoms with E-state index < -0.39 is 36.0 Å². The minimum atomic E-state index is -1.07. The molecule has 0 fully saturated rings. The van der Waals surface area contributed by atoms with E-state index in [0.29, 0.717) is 64.8 Å². The summed E-state index contributed by atoms with van der Waals surface area (Å²) in [6, 6.07) is 20.7. The molecule has 5 heterocycles. The predicted octanol–water partition coefficient (Wildman–Crippen LogP) is 5.34. The van der Waals surface area contributed by atoms with E-state index in [1.807, 2.05) is 67.7 Å². The number of nitrogens with zero attached hydrogens (tertiary/aromatic N) is 7. The topological polar surface area (TPSA) is 290 Å². The summed E-state index contributed by atoms with van der Waals surface area (Å²) in [5, 5.41) is 15.2. The molecule has 22 nitrogen and oxygen atoms in total. The molecule has 0 spiro atoms. The second-order valence-corrected chi connectivity index (χ2v) is 18.2. The number of imidazole rings is 1. The predicted molar refractivity (Wildman–Crippen MR) is 276 cm³/mol. The van der Waals surface area contributed by atoms with Crippen LogP contribution in [0.2, 0.25) is 0 Å². The molecule has 75 heavy (non-hydrogen) atoms. The number of methoxy groups -OCH3 is 1. The number of anilines is 1. The Morgan fingerprint density at radius 2 is 1.61 bits per heavy atom. The van der Waals surface area contributed by atoms with Gasteiger partial charge in [0.2, 0.25) is 17.7 Å². The first-order valence-corrected chi connectivity index (χ1v) is 24.6. The number of aromatic nitrogens is 6. The summed E-state index contributed by atoms with van der Waals surface area (Å²) in [6.07, 6.45) is 7.21. The molecular weight excluding hydrogens is 963 g/mol. The molecule has 4 aromatic heterocycles. The van der Waals surface area contributed by atoms with Gasteiger partial charge in [-0.3, -0.25) is 38.8 Å². The highest BCUT2D eigenvalue weighted by molar-refractivity contribution is 6.12. The summed E-state index contributed by atoms with van der Waals surface area (Å²) in [7, 11) is 1.56. The van der Waals surface area contributed by atoms with E-state index in [1.54, 1.807) is 49.7 Å². The third-order valence-corrected chi connectivity index (χ3v) is 12.2. The summed E-state index contributed by atoms with van der Waals surface area (Å²) < 4.78 is 13.2. The van der Waals surface area contributed by atoms with Crippen LogP contribution >= 0.6 is 0 Å². The van der Waals surface area contributed by atoms with Crippen LogP contribution in [0.1, 0.15) is 75.0 Å². The minimum absolute atomic E-state index is 0.0138. The molecular formula is C53H61N13O9. The van der Waals surface area contributed by atoms with Crippen molar-refractivity contribution in [3.63, 3.8) is 0 Å². The van der Waals surface area contributed by atoms with E-state index in [4.69, 9.17) is 25.2 Å². The van der Waals surface area contributed by atoms with Crippen molar-refractivity contribution < 1.29 is 43.0 Å². The first-order chi connectivity index (χ1) is 36.1. The third-order valence-electron chi connectivity index (χ3n) is 12.2. The first-order valence-electron chi connectivity index (χ1n) is 24.6. The molecule has 0 saturated carbocycles. The molecule has 1 unspecified atom stereocenters. The standard InChI is InChI=1S/C53H61N13O9/c1-33(2)47(63-44(67)17-6-5-9-27-65-45(68)24-25-46(65)69)51(71)60-40(15-11-26-55-52(54)72)50(70)59-38-21-18-35(19-22-38)31-75-53(73)64(28-36-13-7-8-16-41(36)74-4)30-42-61-48(37-20-23-43-56-32-57-66(43)29-37)49(62-42)39-14-10-12-34(3)58-39/h7-8,10,12-14,16,18-25,29,32-33,40,47H,5-6,9,11,15,17,26-28,30-31H2,1-4H3,(H,59,70)(H,60,71)(H,61,62)(H,63,67)(H3,54,55,72)/t40-,47?/m0/s1. The van der Waals surface area contributed by atoms with Crippen LogP contribution in [-0.4, -0.2) is 113 Å². The third kappa shape index (κ3) is 14.8. The number of primary amides is 1. The van der Waals surface area contributed by atoms with E-state index >= 15 is 0 Å². The fraction of sp³-hybridized carbons (Fsp3) is 0.340. The number of nitrogens with one attached hydrogen (secondary N) is 5. The number of hydrogen-bond acceptors (Lipinski definition) is 13. The number of carbonyl (C=O) groups is 7. The minimum Gasteiger partial charge on any atom is -0.496 e. The summed E-state index contributed by atoms with van der Waals surface area (Å²) in [6.45, 7) is 5.84. The molecule has 2 atom stereocenters. The number of imide groups is 1. The van der Waals surface area contributed by atoms with Gasteiger partial charge in [-0.1, -0.05) is 56.7 Å². The van der Waals surface area contributed by atoms with Gasteiger partial charge in [0.25, 0.3) is 11.8 Å². The van der Waals surface area contributed by atoms with E-state index in [9.17, 15) is 33.6 Å². The zero-order chi connectivity index (χ0) is 53.4. The number of aryl methyl sites for hydroxylation is 1. The van der Waals surface area contributed by atoms with Crippen LogP contribution in [-0.2, 0) is 48.4 Å². The zero-order valence-corrected chi connectivity index (χ0v) is 42.2. The number of nitrogens with two attached hydrogens (primary N) is 1. The van der Waals surface area contributed by atoms with Gasteiger partial charge < -0.3 is 41.5 Å². The maximum Gasteiger partial charge on any atom is 0.410 e. The maximum atomic E-state index is 14.1. The lowest BCUT2D eigenvalue weighted by Crippen LogP contribution is -2.54. The van der Waals surface area contributed by atoms with Gasteiger partial charge in [-0.15, -0.1) is 0 Å². The lowest BCUT2D eigenvalue weighted by molar-refractivity contribution is -0.137. The Labute approximate surface area is 432 Å². The molecule has 0 saturated heterocycles. The SMILES string of the molecule is COc1ccccc1CN(Cc1nc(-c2cccc(C)n2)c(-c2ccc3ncnn3c2)[nH]1)C(=O)OCc1ccc(NC(=O)[C@H](CCCNC(N)=O)NC(=O)C(NC(=O)CCCCCN2C(=O)C=CC2=O)C(C)C)cc1. The summed E-state index contributed by atoms with van der Waals surface area (Å²) >= 11 is 0. The first kappa shape index (κ1) is 53.8. The average Bonchev–Trinajstić information content (AvgIpc) is 4.13. The molecule has 1 aliphatic rings. The van der Waals surface area contributed by atoms with Gasteiger partial charge in [-0.25, -0.2) is 24.1 Å². The van der Waals surface area contributed by atoms with Crippen LogP contribution in [0.15, 0.2) is 104 Å².